The van der Waals surface area contributed by atoms with Gasteiger partial charge in [0.15, 0.2) is 0 Å². The van der Waals surface area contributed by atoms with E-state index in [0.717, 1.165) is 18.7 Å². The highest BCUT2D eigenvalue weighted by atomic mass is 16.5. The fraction of sp³-hybridized carbons (Fsp3) is 0.455. The summed E-state index contributed by atoms with van der Waals surface area (Å²) in [5.41, 5.74) is 0.892. The van der Waals surface area contributed by atoms with Crippen molar-refractivity contribution in [2.45, 2.75) is 12.5 Å². The van der Waals surface area contributed by atoms with E-state index >= 15 is 0 Å². The fourth-order valence-electron chi connectivity index (χ4n) is 1.84. The van der Waals surface area contributed by atoms with Crippen molar-refractivity contribution in [3.05, 3.63) is 18.2 Å². The van der Waals surface area contributed by atoms with Crippen molar-refractivity contribution in [2.24, 2.45) is 0 Å². The summed E-state index contributed by atoms with van der Waals surface area (Å²) < 4.78 is 5.07. The minimum Gasteiger partial charge on any atom is -0.508 e. The molecular weight excluding hydrogens is 194 g/mol. The Kier molecular flexibility index (Phi) is 2.68. The standard InChI is InChI=1S/C11H15NO3/c1-15-11-5-8(4-10(14)6-11)12-3-2-9(13)7-12/h4-6,9,13-14H,2-3,7H2,1H3. The van der Waals surface area contributed by atoms with Gasteiger partial charge < -0.3 is 19.8 Å². The first-order valence-electron chi connectivity index (χ1n) is 5.00. The largest absolute Gasteiger partial charge is 0.508 e. The molecule has 4 nitrogen and oxygen atoms in total. The number of aliphatic hydroxyl groups excluding tert-OH is 1. The van der Waals surface area contributed by atoms with E-state index in [0.29, 0.717) is 12.3 Å². The average Bonchev–Trinajstić information content (AvgIpc) is 2.64. The van der Waals surface area contributed by atoms with Crippen molar-refractivity contribution in [3.63, 3.8) is 0 Å². The number of benzene rings is 1. The lowest BCUT2D eigenvalue weighted by molar-refractivity contribution is 0.198. The van der Waals surface area contributed by atoms with Gasteiger partial charge in [0.1, 0.15) is 11.5 Å². The van der Waals surface area contributed by atoms with Gasteiger partial charge >= 0.3 is 0 Å². The van der Waals surface area contributed by atoms with Crippen LogP contribution >= 0.6 is 0 Å². The van der Waals surface area contributed by atoms with Crippen LogP contribution in [0.2, 0.25) is 0 Å². The number of phenolic OH excluding ortho intramolecular Hbond substituents is 1. The zero-order valence-corrected chi connectivity index (χ0v) is 8.68. The molecule has 1 aliphatic heterocycles. The quantitative estimate of drug-likeness (QED) is 0.762. The Morgan fingerprint density at radius 3 is 2.80 bits per heavy atom. The van der Waals surface area contributed by atoms with Crippen LogP contribution in [0.15, 0.2) is 18.2 Å². The van der Waals surface area contributed by atoms with Crippen LogP contribution in [0.25, 0.3) is 0 Å². The lowest BCUT2D eigenvalue weighted by Gasteiger charge is -2.18. The Morgan fingerprint density at radius 2 is 2.20 bits per heavy atom. The first kappa shape index (κ1) is 10.1. The van der Waals surface area contributed by atoms with Gasteiger partial charge in [-0.1, -0.05) is 0 Å². The summed E-state index contributed by atoms with van der Waals surface area (Å²) in [4.78, 5) is 2.03. The summed E-state index contributed by atoms with van der Waals surface area (Å²) in [6.07, 6.45) is 0.510. The molecule has 1 aliphatic rings. The van der Waals surface area contributed by atoms with Crippen molar-refractivity contribution in [3.8, 4) is 11.5 Å². The van der Waals surface area contributed by atoms with Crippen LogP contribution in [0.1, 0.15) is 6.42 Å². The third-order valence-corrected chi connectivity index (χ3v) is 2.64. The highest BCUT2D eigenvalue weighted by Gasteiger charge is 2.21. The summed E-state index contributed by atoms with van der Waals surface area (Å²) >= 11 is 0. The topological polar surface area (TPSA) is 52.9 Å². The van der Waals surface area contributed by atoms with Crippen molar-refractivity contribution in [1.82, 2.24) is 0 Å². The van der Waals surface area contributed by atoms with Crippen molar-refractivity contribution >= 4 is 5.69 Å². The Bertz CT molecular complexity index is 354. The van der Waals surface area contributed by atoms with E-state index in [1.807, 2.05) is 11.0 Å². The van der Waals surface area contributed by atoms with Crippen LogP contribution in [-0.4, -0.2) is 36.5 Å². The molecule has 4 heteroatoms. The number of methoxy groups -OCH3 is 1. The van der Waals surface area contributed by atoms with E-state index in [-0.39, 0.29) is 11.9 Å². The number of ether oxygens (including phenoxy) is 1. The molecule has 15 heavy (non-hydrogen) atoms. The molecule has 2 N–H and O–H groups in total. The summed E-state index contributed by atoms with van der Waals surface area (Å²) in [5.74, 6) is 0.817. The van der Waals surface area contributed by atoms with E-state index in [1.54, 1.807) is 19.2 Å². The molecule has 0 aromatic heterocycles. The minimum atomic E-state index is -0.265. The molecule has 1 heterocycles. The zero-order chi connectivity index (χ0) is 10.8. The van der Waals surface area contributed by atoms with E-state index in [1.165, 1.54) is 0 Å². The second kappa shape index (κ2) is 3.98. The number of nitrogens with zero attached hydrogens (tertiary/aromatic N) is 1. The van der Waals surface area contributed by atoms with Crippen molar-refractivity contribution in [1.29, 1.82) is 0 Å². The molecule has 1 saturated heterocycles. The maximum atomic E-state index is 9.48. The fourth-order valence-corrected chi connectivity index (χ4v) is 1.84. The van der Waals surface area contributed by atoms with Crippen LogP contribution < -0.4 is 9.64 Å². The maximum Gasteiger partial charge on any atom is 0.124 e. The summed E-state index contributed by atoms with van der Waals surface area (Å²) in [5, 5.41) is 18.9. The van der Waals surface area contributed by atoms with Gasteiger partial charge in [-0.2, -0.15) is 0 Å². The molecule has 1 aromatic carbocycles. The molecule has 1 unspecified atom stereocenters. The molecule has 2 rings (SSSR count). The van der Waals surface area contributed by atoms with Gasteiger partial charge in [0.05, 0.1) is 13.2 Å². The number of phenols is 1. The Labute approximate surface area is 88.7 Å². The van der Waals surface area contributed by atoms with Gasteiger partial charge in [-0.25, -0.2) is 0 Å². The lowest BCUT2D eigenvalue weighted by atomic mass is 10.2. The van der Waals surface area contributed by atoms with Crippen LogP contribution in [-0.2, 0) is 0 Å². The van der Waals surface area contributed by atoms with E-state index in [4.69, 9.17) is 4.74 Å². The molecule has 0 saturated carbocycles. The van der Waals surface area contributed by atoms with Crippen LogP contribution in [0.3, 0.4) is 0 Å². The molecule has 82 valence electrons. The maximum absolute atomic E-state index is 9.48. The second-order valence-electron chi connectivity index (χ2n) is 3.78. The molecule has 0 spiro atoms. The predicted molar refractivity (Wildman–Crippen MR) is 57.5 cm³/mol. The van der Waals surface area contributed by atoms with Crippen LogP contribution in [0.5, 0.6) is 11.5 Å². The van der Waals surface area contributed by atoms with Gasteiger partial charge in [0.2, 0.25) is 0 Å². The predicted octanol–water partition coefficient (Wildman–Crippen LogP) is 0.972. The van der Waals surface area contributed by atoms with Gasteiger partial charge in [-0.05, 0) is 6.42 Å². The van der Waals surface area contributed by atoms with E-state index in [2.05, 4.69) is 0 Å². The number of hydrogen-bond acceptors (Lipinski definition) is 4. The number of anilines is 1. The number of aliphatic hydroxyl groups is 1. The number of β-amino-alcohol motifs (C(OH)–C–C–N with tert-alkyl or cyclic N) is 1. The first-order valence-corrected chi connectivity index (χ1v) is 5.00. The highest BCUT2D eigenvalue weighted by Crippen LogP contribution is 2.29. The molecule has 1 atom stereocenters. The molecular formula is C11H15NO3. The highest BCUT2D eigenvalue weighted by molar-refractivity contribution is 5.56. The van der Waals surface area contributed by atoms with Crippen LogP contribution in [0, 0.1) is 0 Å². The minimum absolute atomic E-state index is 0.186. The second-order valence-corrected chi connectivity index (χ2v) is 3.78. The van der Waals surface area contributed by atoms with Gasteiger partial charge in [0, 0.05) is 37.0 Å². The smallest absolute Gasteiger partial charge is 0.124 e. The molecule has 0 amide bonds. The number of rotatable bonds is 2. The summed E-state index contributed by atoms with van der Waals surface area (Å²) in [6.45, 7) is 1.43. The third-order valence-electron chi connectivity index (χ3n) is 2.64. The van der Waals surface area contributed by atoms with Gasteiger partial charge in [-0.15, -0.1) is 0 Å². The monoisotopic (exact) mass is 209 g/mol. The average molecular weight is 209 g/mol. The van der Waals surface area contributed by atoms with Gasteiger partial charge in [0.25, 0.3) is 0 Å². The van der Waals surface area contributed by atoms with Crippen molar-refractivity contribution < 1.29 is 14.9 Å². The number of aromatic hydroxyl groups is 1. The SMILES string of the molecule is COc1cc(O)cc(N2CCC(O)C2)c1. The van der Waals surface area contributed by atoms with Crippen LogP contribution in [0.4, 0.5) is 5.69 Å². The molecule has 0 radical (unpaired) electrons. The molecule has 0 aliphatic carbocycles. The number of hydrogen-bond donors (Lipinski definition) is 2. The Balaban J connectivity index is 2.24. The van der Waals surface area contributed by atoms with Gasteiger partial charge in [-0.3, -0.25) is 0 Å². The summed E-state index contributed by atoms with van der Waals surface area (Å²) in [6, 6.07) is 5.11. The Hall–Kier alpha value is -1.42. The first-order chi connectivity index (χ1) is 7.19. The Morgan fingerprint density at radius 1 is 1.40 bits per heavy atom. The normalized spacial score (nSPS) is 20.7. The van der Waals surface area contributed by atoms with Crippen molar-refractivity contribution in [2.75, 3.05) is 25.1 Å². The van der Waals surface area contributed by atoms with E-state index < -0.39 is 0 Å². The lowest BCUT2D eigenvalue weighted by Crippen LogP contribution is -2.20. The summed E-state index contributed by atoms with van der Waals surface area (Å²) in [7, 11) is 1.57. The van der Waals surface area contributed by atoms with E-state index in [9.17, 15) is 10.2 Å². The molecule has 0 bridgehead atoms. The molecule has 1 aromatic rings. The molecule has 1 fully saturated rings. The zero-order valence-electron chi connectivity index (χ0n) is 8.68. The third kappa shape index (κ3) is 2.15.